The van der Waals surface area contributed by atoms with Crippen molar-refractivity contribution >= 4 is 5.91 Å². The van der Waals surface area contributed by atoms with Crippen molar-refractivity contribution in [2.75, 3.05) is 0 Å². The summed E-state index contributed by atoms with van der Waals surface area (Å²) in [4.78, 5) is 15.4. The summed E-state index contributed by atoms with van der Waals surface area (Å²) in [5.41, 5.74) is 7.80. The summed E-state index contributed by atoms with van der Waals surface area (Å²) < 4.78 is 5.84. The Bertz CT molecular complexity index is 596. The molecule has 1 aromatic heterocycles. The highest BCUT2D eigenvalue weighted by Crippen LogP contribution is 2.38. The van der Waals surface area contributed by atoms with Crippen LogP contribution in [-0.4, -0.2) is 10.9 Å². The van der Waals surface area contributed by atoms with Crippen LogP contribution in [0.4, 0.5) is 0 Å². The van der Waals surface area contributed by atoms with E-state index in [1.807, 2.05) is 18.2 Å². The fourth-order valence-electron chi connectivity index (χ4n) is 2.25. The van der Waals surface area contributed by atoms with Gasteiger partial charge in [-0.15, -0.1) is 0 Å². The van der Waals surface area contributed by atoms with Gasteiger partial charge in [-0.25, -0.2) is 0 Å². The van der Waals surface area contributed by atoms with Crippen molar-refractivity contribution in [1.82, 2.24) is 4.98 Å². The number of primary amides is 1. The maximum Gasteiger partial charge on any atom is 0.249 e. The highest BCUT2D eigenvalue weighted by atomic mass is 16.5. The lowest BCUT2D eigenvalue weighted by atomic mass is 10.00. The fourth-order valence-corrected chi connectivity index (χ4v) is 2.25. The van der Waals surface area contributed by atoms with Crippen LogP contribution in [-0.2, 0) is 6.42 Å². The molecular weight excluding hydrogens is 228 g/mol. The van der Waals surface area contributed by atoms with E-state index >= 15 is 0 Å². The Labute approximate surface area is 104 Å². The van der Waals surface area contributed by atoms with E-state index in [4.69, 9.17) is 10.5 Å². The molecule has 0 saturated carbocycles. The van der Waals surface area contributed by atoms with E-state index < -0.39 is 5.91 Å². The Hall–Kier alpha value is -2.36. The van der Waals surface area contributed by atoms with Crippen molar-refractivity contribution < 1.29 is 9.53 Å². The maximum atomic E-state index is 11.4. The normalized spacial score (nSPS) is 17.0. The van der Waals surface area contributed by atoms with Crippen LogP contribution in [0.25, 0.3) is 0 Å². The van der Waals surface area contributed by atoms with Crippen molar-refractivity contribution in [3.8, 4) is 5.75 Å². The smallest absolute Gasteiger partial charge is 0.249 e. The molecule has 0 bridgehead atoms. The van der Waals surface area contributed by atoms with E-state index in [2.05, 4.69) is 4.98 Å². The van der Waals surface area contributed by atoms with E-state index in [1.165, 1.54) is 0 Å². The predicted octanol–water partition coefficient (Wildman–Crippen LogP) is 1.86. The van der Waals surface area contributed by atoms with Crippen LogP contribution >= 0.6 is 0 Å². The van der Waals surface area contributed by atoms with Crippen LogP contribution in [0.2, 0.25) is 0 Å². The zero-order valence-corrected chi connectivity index (χ0v) is 9.67. The molecule has 1 atom stereocenters. The van der Waals surface area contributed by atoms with Crippen molar-refractivity contribution in [3.63, 3.8) is 0 Å². The SMILES string of the molecule is NC(=O)c1cccc2c1CC(c1cccnc1)O2. The van der Waals surface area contributed by atoms with Gasteiger partial charge in [-0.3, -0.25) is 9.78 Å². The molecule has 1 aliphatic rings. The van der Waals surface area contributed by atoms with Crippen LogP contribution in [0, 0.1) is 0 Å². The average molecular weight is 240 g/mol. The Kier molecular flexibility index (Phi) is 2.48. The van der Waals surface area contributed by atoms with Crippen molar-refractivity contribution in [2.45, 2.75) is 12.5 Å². The number of amides is 1. The summed E-state index contributed by atoms with van der Waals surface area (Å²) in [7, 11) is 0. The number of hydrogen-bond acceptors (Lipinski definition) is 3. The zero-order chi connectivity index (χ0) is 12.5. The van der Waals surface area contributed by atoms with Crippen LogP contribution in [0.5, 0.6) is 5.75 Å². The molecule has 3 rings (SSSR count). The fraction of sp³-hybridized carbons (Fsp3) is 0.143. The third kappa shape index (κ3) is 1.72. The molecule has 1 aliphatic heterocycles. The molecule has 2 heterocycles. The molecule has 4 nitrogen and oxygen atoms in total. The molecule has 0 aliphatic carbocycles. The molecule has 0 saturated heterocycles. The molecule has 1 aromatic carbocycles. The Morgan fingerprint density at radius 2 is 2.22 bits per heavy atom. The minimum Gasteiger partial charge on any atom is -0.485 e. The van der Waals surface area contributed by atoms with Gasteiger partial charge in [0.1, 0.15) is 11.9 Å². The first-order valence-electron chi connectivity index (χ1n) is 5.74. The lowest BCUT2D eigenvalue weighted by molar-refractivity contribution is 0.0999. The number of rotatable bonds is 2. The van der Waals surface area contributed by atoms with Crippen LogP contribution in [0.3, 0.4) is 0 Å². The Balaban J connectivity index is 1.97. The second-order valence-electron chi connectivity index (χ2n) is 4.24. The van der Waals surface area contributed by atoms with Gasteiger partial charge in [-0.1, -0.05) is 12.1 Å². The van der Waals surface area contributed by atoms with E-state index in [0.29, 0.717) is 12.0 Å². The van der Waals surface area contributed by atoms with Crippen LogP contribution < -0.4 is 10.5 Å². The van der Waals surface area contributed by atoms with Gasteiger partial charge in [-0.05, 0) is 18.2 Å². The molecule has 4 heteroatoms. The molecule has 90 valence electrons. The maximum absolute atomic E-state index is 11.4. The summed E-state index contributed by atoms with van der Waals surface area (Å²) in [6.45, 7) is 0. The standard InChI is InChI=1S/C14H12N2O2/c15-14(17)10-4-1-5-12-11(10)7-13(18-12)9-3-2-6-16-8-9/h1-6,8,13H,7H2,(H2,15,17). The Morgan fingerprint density at radius 3 is 2.94 bits per heavy atom. The number of fused-ring (bicyclic) bond motifs is 1. The van der Waals surface area contributed by atoms with Gasteiger partial charge in [0.2, 0.25) is 5.91 Å². The van der Waals surface area contributed by atoms with Gasteiger partial charge in [0.25, 0.3) is 0 Å². The highest BCUT2D eigenvalue weighted by molar-refractivity contribution is 5.95. The van der Waals surface area contributed by atoms with Gasteiger partial charge in [0, 0.05) is 35.5 Å². The summed E-state index contributed by atoms with van der Waals surface area (Å²) in [6.07, 6.45) is 4.07. The van der Waals surface area contributed by atoms with Gasteiger partial charge in [-0.2, -0.15) is 0 Å². The topological polar surface area (TPSA) is 65.2 Å². The highest BCUT2D eigenvalue weighted by Gasteiger charge is 2.27. The number of hydrogen-bond donors (Lipinski definition) is 1. The van der Waals surface area contributed by atoms with E-state index in [1.54, 1.807) is 24.5 Å². The summed E-state index contributed by atoms with van der Waals surface area (Å²) in [5.74, 6) is 0.322. The van der Waals surface area contributed by atoms with Crippen LogP contribution in [0.1, 0.15) is 27.6 Å². The zero-order valence-electron chi connectivity index (χ0n) is 9.67. The monoisotopic (exact) mass is 240 g/mol. The van der Waals surface area contributed by atoms with E-state index in [0.717, 1.165) is 16.9 Å². The first-order valence-corrected chi connectivity index (χ1v) is 5.74. The van der Waals surface area contributed by atoms with Gasteiger partial charge < -0.3 is 10.5 Å². The number of carbonyl (C=O) groups is 1. The minimum absolute atomic E-state index is 0.0887. The molecule has 1 amide bonds. The van der Waals surface area contributed by atoms with Crippen molar-refractivity contribution in [2.24, 2.45) is 5.73 Å². The first kappa shape index (κ1) is 10.8. The molecule has 0 radical (unpaired) electrons. The second-order valence-corrected chi connectivity index (χ2v) is 4.24. The molecule has 2 aromatic rings. The van der Waals surface area contributed by atoms with Gasteiger partial charge >= 0.3 is 0 Å². The summed E-state index contributed by atoms with van der Waals surface area (Å²) >= 11 is 0. The predicted molar refractivity (Wildman–Crippen MR) is 66.3 cm³/mol. The number of nitrogens with two attached hydrogens (primary N) is 1. The molecular formula is C14H12N2O2. The molecule has 1 unspecified atom stereocenters. The number of pyridine rings is 1. The number of ether oxygens (including phenoxy) is 1. The number of nitrogens with zero attached hydrogens (tertiary/aromatic N) is 1. The van der Waals surface area contributed by atoms with Crippen molar-refractivity contribution in [3.05, 3.63) is 59.4 Å². The number of aromatic nitrogens is 1. The van der Waals surface area contributed by atoms with E-state index in [-0.39, 0.29) is 6.10 Å². The number of carbonyl (C=O) groups excluding carboxylic acids is 1. The van der Waals surface area contributed by atoms with Gasteiger partial charge in [0.05, 0.1) is 0 Å². The van der Waals surface area contributed by atoms with Crippen LogP contribution in [0.15, 0.2) is 42.7 Å². The lowest BCUT2D eigenvalue weighted by Gasteiger charge is -2.09. The summed E-state index contributed by atoms with van der Waals surface area (Å²) in [6, 6.07) is 9.21. The van der Waals surface area contributed by atoms with Gasteiger partial charge in [0.15, 0.2) is 0 Å². The molecule has 0 fully saturated rings. The van der Waals surface area contributed by atoms with E-state index in [9.17, 15) is 4.79 Å². The first-order chi connectivity index (χ1) is 8.75. The average Bonchev–Trinajstić information content (AvgIpc) is 2.83. The lowest BCUT2D eigenvalue weighted by Crippen LogP contribution is -2.13. The molecule has 2 N–H and O–H groups in total. The largest absolute Gasteiger partial charge is 0.485 e. The third-order valence-corrected chi connectivity index (χ3v) is 3.11. The Morgan fingerprint density at radius 1 is 1.33 bits per heavy atom. The second kappa shape index (κ2) is 4.14. The summed E-state index contributed by atoms with van der Waals surface area (Å²) in [5, 5.41) is 0. The molecule has 0 spiro atoms. The minimum atomic E-state index is -0.415. The third-order valence-electron chi connectivity index (χ3n) is 3.11. The quantitative estimate of drug-likeness (QED) is 0.871. The molecule has 18 heavy (non-hydrogen) atoms. The number of benzene rings is 1. The van der Waals surface area contributed by atoms with Crippen molar-refractivity contribution in [1.29, 1.82) is 0 Å².